The molecule has 0 saturated carbocycles. The number of unbranched alkanes of at least 4 members (excludes halogenated alkanes) is 2. The highest BCUT2D eigenvalue weighted by atomic mass is 32.2. The summed E-state index contributed by atoms with van der Waals surface area (Å²) >= 11 is 1.72. The van der Waals surface area contributed by atoms with Gasteiger partial charge in [-0.05, 0) is 18.6 Å². The summed E-state index contributed by atoms with van der Waals surface area (Å²) in [5.41, 5.74) is 0.129. The molecule has 3 heteroatoms. The van der Waals surface area contributed by atoms with Crippen LogP contribution in [0.15, 0.2) is 35.2 Å². The Balaban J connectivity index is 1.77. The van der Waals surface area contributed by atoms with Crippen LogP contribution in [-0.4, -0.2) is 23.3 Å². The quantitative estimate of drug-likeness (QED) is 0.763. The fourth-order valence-electron chi connectivity index (χ4n) is 2.15. The molecule has 18 heavy (non-hydrogen) atoms. The number of hydrogen-bond acceptors (Lipinski definition) is 3. The molecule has 1 aromatic rings. The van der Waals surface area contributed by atoms with Crippen molar-refractivity contribution in [2.24, 2.45) is 5.92 Å². The molecule has 1 fully saturated rings. The minimum absolute atomic E-state index is 0.129. The van der Waals surface area contributed by atoms with Gasteiger partial charge in [0.25, 0.3) is 0 Å². The van der Waals surface area contributed by atoms with Gasteiger partial charge < -0.3 is 9.84 Å². The van der Waals surface area contributed by atoms with E-state index in [0.29, 0.717) is 12.5 Å². The maximum absolute atomic E-state index is 10.2. The third-order valence-corrected chi connectivity index (χ3v) is 4.66. The van der Waals surface area contributed by atoms with Crippen molar-refractivity contribution >= 4 is 11.8 Å². The van der Waals surface area contributed by atoms with Gasteiger partial charge in [-0.3, -0.25) is 0 Å². The van der Waals surface area contributed by atoms with Crippen molar-refractivity contribution in [1.82, 2.24) is 0 Å². The summed E-state index contributed by atoms with van der Waals surface area (Å²) in [5, 5.41) is 10.2. The Labute approximate surface area is 114 Å². The van der Waals surface area contributed by atoms with Gasteiger partial charge in [0.2, 0.25) is 0 Å². The molecule has 1 saturated heterocycles. The first kappa shape index (κ1) is 13.9. The van der Waals surface area contributed by atoms with Gasteiger partial charge in [0.1, 0.15) is 5.44 Å². The highest BCUT2D eigenvalue weighted by molar-refractivity contribution is 7.99. The van der Waals surface area contributed by atoms with Gasteiger partial charge in [0, 0.05) is 10.8 Å². The van der Waals surface area contributed by atoms with Crippen LogP contribution < -0.4 is 0 Å². The first-order valence-corrected chi connectivity index (χ1v) is 7.70. The maximum Gasteiger partial charge on any atom is 0.115 e. The molecule has 3 atom stereocenters. The fraction of sp³-hybridized carbons (Fsp3) is 0.600. The van der Waals surface area contributed by atoms with Gasteiger partial charge >= 0.3 is 0 Å². The molecule has 0 radical (unpaired) electrons. The lowest BCUT2D eigenvalue weighted by Gasteiger charge is -2.39. The van der Waals surface area contributed by atoms with Crippen LogP contribution in [0.1, 0.15) is 32.6 Å². The Morgan fingerprint density at radius 3 is 2.72 bits per heavy atom. The second-order valence-electron chi connectivity index (χ2n) is 4.86. The molecule has 100 valence electrons. The molecular formula is C15H22O2S. The number of hydrogen-bond donors (Lipinski definition) is 1. The third-order valence-electron chi connectivity index (χ3n) is 3.40. The van der Waals surface area contributed by atoms with E-state index < -0.39 is 0 Å². The van der Waals surface area contributed by atoms with E-state index in [1.54, 1.807) is 11.8 Å². The SMILES string of the molecule is CCCCC[C@@H](O)[C@H]1CO[C@@H]1Sc1ccccc1. The Kier molecular flexibility index (Phi) is 5.54. The van der Waals surface area contributed by atoms with Gasteiger partial charge in [-0.2, -0.15) is 0 Å². The Morgan fingerprint density at radius 2 is 2.11 bits per heavy atom. The van der Waals surface area contributed by atoms with Crippen molar-refractivity contribution < 1.29 is 9.84 Å². The molecule has 1 aliphatic heterocycles. The van der Waals surface area contributed by atoms with Crippen molar-refractivity contribution in [3.8, 4) is 0 Å². The summed E-state index contributed by atoms with van der Waals surface area (Å²) in [6, 6.07) is 10.3. The van der Waals surface area contributed by atoms with Crippen molar-refractivity contribution in [2.45, 2.75) is 49.0 Å². The zero-order valence-electron chi connectivity index (χ0n) is 10.9. The second kappa shape index (κ2) is 7.17. The number of aliphatic hydroxyl groups is 1. The molecule has 0 unspecified atom stereocenters. The van der Waals surface area contributed by atoms with E-state index in [-0.39, 0.29) is 11.5 Å². The van der Waals surface area contributed by atoms with Crippen LogP contribution in [0.3, 0.4) is 0 Å². The summed E-state index contributed by atoms with van der Waals surface area (Å²) in [6.45, 7) is 2.89. The summed E-state index contributed by atoms with van der Waals surface area (Å²) in [6.07, 6.45) is 4.24. The average Bonchev–Trinajstić information content (AvgIpc) is 2.36. The molecule has 1 aliphatic rings. The van der Waals surface area contributed by atoms with E-state index in [9.17, 15) is 5.11 Å². The Hall–Kier alpha value is -0.510. The van der Waals surface area contributed by atoms with E-state index in [1.807, 2.05) is 18.2 Å². The first-order chi connectivity index (χ1) is 8.81. The lowest BCUT2D eigenvalue weighted by Crippen LogP contribution is -2.44. The lowest BCUT2D eigenvalue weighted by molar-refractivity contribution is -0.113. The number of ether oxygens (including phenoxy) is 1. The number of rotatable bonds is 7. The highest BCUT2D eigenvalue weighted by Crippen LogP contribution is 2.38. The van der Waals surface area contributed by atoms with Gasteiger partial charge in [-0.15, -0.1) is 0 Å². The molecule has 0 aliphatic carbocycles. The van der Waals surface area contributed by atoms with Crippen LogP contribution in [0.4, 0.5) is 0 Å². The monoisotopic (exact) mass is 266 g/mol. The maximum atomic E-state index is 10.2. The smallest absolute Gasteiger partial charge is 0.115 e. The number of thioether (sulfide) groups is 1. The highest BCUT2D eigenvalue weighted by Gasteiger charge is 2.37. The standard InChI is InChI=1S/C15H22O2S/c1-2-3-5-10-14(16)13-11-17-15(13)18-12-8-6-4-7-9-12/h4,6-9,13-16H,2-3,5,10-11H2,1H3/t13-,14-,15-/m1/s1. The zero-order valence-corrected chi connectivity index (χ0v) is 11.7. The lowest BCUT2D eigenvalue weighted by atomic mass is 9.95. The van der Waals surface area contributed by atoms with Crippen LogP contribution in [0.25, 0.3) is 0 Å². The largest absolute Gasteiger partial charge is 0.393 e. The van der Waals surface area contributed by atoms with Crippen molar-refractivity contribution in [2.75, 3.05) is 6.61 Å². The molecule has 1 N–H and O–H groups in total. The third kappa shape index (κ3) is 3.74. The van der Waals surface area contributed by atoms with Crippen LogP contribution >= 0.6 is 11.8 Å². The van der Waals surface area contributed by atoms with E-state index in [2.05, 4.69) is 19.1 Å². The van der Waals surface area contributed by atoms with E-state index in [0.717, 1.165) is 12.8 Å². The first-order valence-electron chi connectivity index (χ1n) is 6.82. The summed E-state index contributed by atoms with van der Waals surface area (Å²) in [7, 11) is 0. The summed E-state index contributed by atoms with van der Waals surface area (Å²) in [4.78, 5) is 1.22. The molecule has 0 aromatic heterocycles. The van der Waals surface area contributed by atoms with Crippen LogP contribution in [0.5, 0.6) is 0 Å². The Morgan fingerprint density at radius 1 is 1.33 bits per heavy atom. The van der Waals surface area contributed by atoms with E-state index >= 15 is 0 Å². The van der Waals surface area contributed by atoms with Crippen LogP contribution in [0.2, 0.25) is 0 Å². The molecule has 2 nitrogen and oxygen atoms in total. The molecule has 0 amide bonds. The fourth-order valence-corrected chi connectivity index (χ4v) is 3.31. The second-order valence-corrected chi connectivity index (χ2v) is 6.03. The molecule has 2 rings (SSSR count). The van der Waals surface area contributed by atoms with Gasteiger partial charge in [-0.25, -0.2) is 0 Å². The van der Waals surface area contributed by atoms with Crippen molar-refractivity contribution in [3.05, 3.63) is 30.3 Å². The Bertz CT molecular complexity index is 342. The van der Waals surface area contributed by atoms with Crippen molar-refractivity contribution in [1.29, 1.82) is 0 Å². The molecule has 1 heterocycles. The summed E-state index contributed by atoms with van der Waals surface area (Å²) in [5.74, 6) is 0.298. The average molecular weight is 266 g/mol. The molecule has 1 aromatic carbocycles. The summed E-state index contributed by atoms with van der Waals surface area (Å²) < 4.78 is 5.58. The molecule has 0 bridgehead atoms. The van der Waals surface area contributed by atoms with Gasteiger partial charge in [0.05, 0.1) is 12.7 Å². The number of benzene rings is 1. The van der Waals surface area contributed by atoms with Crippen LogP contribution in [0, 0.1) is 5.92 Å². The topological polar surface area (TPSA) is 29.5 Å². The predicted molar refractivity (Wildman–Crippen MR) is 75.7 cm³/mol. The molecule has 0 spiro atoms. The normalized spacial score (nSPS) is 24.6. The minimum atomic E-state index is -0.202. The van der Waals surface area contributed by atoms with Crippen molar-refractivity contribution in [3.63, 3.8) is 0 Å². The number of aliphatic hydroxyl groups excluding tert-OH is 1. The van der Waals surface area contributed by atoms with Crippen LogP contribution in [-0.2, 0) is 4.74 Å². The minimum Gasteiger partial charge on any atom is -0.393 e. The predicted octanol–water partition coefficient (Wildman–Crippen LogP) is 3.69. The van der Waals surface area contributed by atoms with E-state index in [1.165, 1.54) is 17.7 Å². The zero-order chi connectivity index (χ0) is 12.8. The van der Waals surface area contributed by atoms with Gasteiger partial charge in [0.15, 0.2) is 0 Å². The van der Waals surface area contributed by atoms with Gasteiger partial charge in [-0.1, -0.05) is 56.1 Å². The molecular weight excluding hydrogens is 244 g/mol. The van der Waals surface area contributed by atoms with E-state index in [4.69, 9.17) is 4.74 Å².